The van der Waals surface area contributed by atoms with Crippen molar-refractivity contribution in [3.63, 3.8) is 0 Å². The fourth-order valence-corrected chi connectivity index (χ4v) is 2.65. The molecule has 0 aliphatic heterocycles. The van der Waals surface area contributed by atoms with Crippen LogP contribution in [0.25, 0.3) is 0 Å². The molecule has 18 heavy (non-hydrogen) atoms. The number of hydrogen-bond acceptors (Lipinski definition) is 1. The molecular weight excluding hydrogens is 218 g/mol. The van der Waals surface area contributed by atoms with E-state index in [9.17, 15) is 0 Å². The summed E-state index contributed by atoms with van der Waals surface area (Å²) in [7, 11) is 0. The molecule has 0 radical (unpaired) electrons. The highest BCUT2D eigenvalue weighted by atomic mass is 14.2. The third-order valence-electron chi connectivity index (χ3n) is 3.77. The molecule has 1 heteroatoms. The monoisotopic (exact) mass is 243 g/mol. The molecule has 2 atom stereocenters. The number of benzene rings is 1. The maximum atomic E-state index is 8.77. The Hall–Kier alpha value is -1.29. The van der Waals surface area contributed by atoms with Crippen LogP contribution >= 0.6 is 0 Å². The van der Waals surface area contributed by atoms with Gasteiger partial charge in [0.15, 0.2) is 0 Å². The van der Waals surface area contributed by atoms with Crippen LogP contribution in [0.5, 0.6) is 0 Å². The van der Waals surface area contributed by atoms with Crippen molar-refractivity contribution in [2.45, 2.75) is 58.8 Å². The fraction of sp³-hybridized carbons (Fsp3) is 0.588. The molecule has 0 bridgehead atoms. The summed E-state index contributed by atoms with van der Waals surface area (Å²) in [6.07, 6.45) is 6.71. The second-order valence-corrected chi connectivity index (χ2v) is 5.04. The van der Waals surface area contributed by atoms with Crippen LogP contribution in [0.2, 0.25) is 0 Å². The minimum atomic E-state index is 0.720. The lowest BCUT2D eigenvalue weighted by Gasteiger charge is -2.14. The van der Waals surface area contributed by atoms with Crippen molar-refractivity contribution in [2.24, 2.45) is 5.92 Å². The van der Waals surface area contributed by atoms with Crippen LogP contribution < -0.4 is 0 Å². The molecule has 2 unspecified atom stereocenters. The first-order chi connectivity index (χ1) is 8.79. The zero-order valence-electron chi connectivity index (χ0n) is 11.9. The van der Waals surface area contributed by atoms with Gasteiger partial charge < -0.3 is 0 Å². The Labute approximate surface area is 112 Å². The van der Waals surface area contributed by atoms with Crippen molar-refractivity contribution >= 4 is 0 Å². The van der Waals surface area contributed by atoms with E-state index in [1.807, 2.05) is 26.0 Å². The summed E-state index contributed by atoms with van der Waals surface area (Å²) in [6, 6.07) is 10.3. The van der Waals surface area contributed by atoms with Gasteiger partial charge in [-0.05, 0) is 42.4 Å². The third kappa shape index (κ3) is 4.18. The van der Waals surface area contributed by atoms with E-state index in [2.05, 4.69) is 25.1 Å². The lowest BCUT2D eigenvalue weighted by Crippen LogP contribution is -1.97. The summed E-state index contributed by atoms with van der Waals surface area (Å²) in [4.78, 5) is 0. The standard InChI is InChI=1S/C15H19N.C2H6/c1-12-3-2-4-14(8-5-12)15-9-6-13(11-16)7-10-15;1-2/h6-7,9-10,12,14H,2-5,8H2,1H3;1-2H3. The van der Waals surface area contributed by atoms with Gasteiger partial charge in [-0.3, -0.25) is 0 Å². The van der Waals surface area contributed by atoms with E-state index in [0.29, 0.717) is 0 Å². The van der Waals surface area contributed by atoms with Crippen LogP contribution in [-0.4, -0.2) is 0 Å². The molecule has 98 valence electrons. The summed E-state index contributed by atoms with van der Waals surface area (Å²) < 4.78 is 0. The van der Waals surface area contributed by atoms with Gasteiger partial charge in [-0.2, -0.15) is 5.26 Å². The van der Waals surface area contributed by atoms with Crippen molar-refractivity contribution in [3.8, 4) is 6.07 Å². The fourth-order valence-electron chi connectivity index (χ4n) is 2.65. The van der Waals surface area contributed by atoms with Crippen molar-refractivity contribution in [3.05, 3.63) is 35.4 Å². The largest absolute Gasteiger partial charge is 0.192 e. The van der Waals surface area contributed by atoms with E-state index in [4.69, 9.17) is 5.26 Å². The van der Waals surface area contributed by atoms with Gasteiger partial charge in [0, 0.05) is 0 Å². The van der Waals surface area contributed by atoms with E-state index in [-0.39, 0.29) is 0 Å². The molecular formula is C17H25N. The Balaban J connectivity index is 0.000000771. The Bertz CT molecular complexity index is 372. The zero-order valence-corrected chi connectivity index (χ0v) is 11.9. The van der Waals surface area contributed by atoms with Crippen molar-refractivity contribution in [2.75, 3.05) is 0 Å². The Morgan fingerprint density at radius 1 is 1.00 bits per heavy atom. The Morgan fingerprint density at radius 2 is 1.67 bits per heavy atom. The molecule has 0 saturated heterocycles. The summed E-state index contributed by atoms with van der Waals surface area (Å²) in [5, 5.41) is 8.77. The van der Waals surface area contributed by atoms with E-state index in [0.717, 1.165) is 17.4 Å². The number of nitrogens with zero attached hydrogens (tertiary/aromatic N) is 1. The topological polar surface area (TPSA) is 23.8 Å². The summed E-state index contributed by atoms with van der Waals surface area (Å²) in [5.41, 5.74) is 2.19. The lowest BCUT2D eigenvalue weighted by atomic mass is 9.91. The van der Waals surface area contributed by atoms with Crippen molar-refractivity contribution in [1.82, 2.24) is 0 Å². The maximum absolute atomic E-state index is 8.77. The van der Waals surface area contributed by atoms with Gasteiger partial charge in [0.05, 0.1) is 11.6 Å². The maximum Gasteiger partial charge on any atom is 0.0991 e. The quantitative estimate of drug-likeness (QED) is 0.616. The van der Waals surface area contributed by atoms with Gasteiger partial charge >= 0.3 is 0 Å². The summed E-state index contributed by atoms with van der Waals surface area (Å²) in [6.45, 7) is 6.36. The molecule has 0 amide bonds. The van der Waals surface area contributed by atoms with Gasteiger partial charge in [-0.1, -0.05) is 52.2 Å². The van der Waals surface area contributed by atoms with E-state index >= 15 is 0 Å². The van der Waals surface area contributed by atoms with Gasteiger partial charge in [-0.15, -0.1) is 0 Å². The molecule has 1 aromatic rings. The van der Waals surface area contributed by atoms with Crippen molar-refractivity contribution < 1.29 is 0 Å². The minimum Gasteiger partial charge on any atom is -0.192 e. The molecule has 0 N–H and O–H groups in total. The highest BCUT2D eigenvalue weighted by Gasteiger charge is 2.17. The third-order valence-corrected chi connectivity index (χ3v) is 3.77. The first-order valence-electron chi connectivity index (χ1n) is 7.29. The zero-order chi connectivity index (χ0) is 13.4. The van der Waals surface area contributed by atoms with Crippen LogP contribution in [0.15, 0.2) is 24.3 Å². The number of hydrogen-bond donors (Lipinski definition) is 0. The summed E-state index contributed by atoms with van der Waals surface area (Å²) >= 11 is 0. The van der Waals surface area contributed by atoms with Crippen LogP contribution in [0.1, 0.15) is 69.9 Å². The number of nitriles is 1. The molecule has 1 aliphatic rings. The second-order valence-electron chi connectivity index (χ2n) is 5.04. The molecule has 1 fully saturated rings. The molecule has 1 saturated carbocycles. The van der Waals surface area contributed by atoms with Crippen LogP contribution in [0.4, 0.5) is 0 Å². The van der Waals surface area contributed by atoms with Crippen LogP contribution in [0.3, 0.4) is 0 Å². The molecule has 0 aromatic heterocycles. The predicted octanol–water partition coefficient (Wildman–Crippen LogP) is 5.27. The summed E-state index contributed by atoms with van der Waals surface area (Å²) in [5.74, 6) is 1.61. The average molecular weight is 243 g/mol. The molecule has 0 spiro atoms. The van der Waals surface area contributed by atoms with E-state index in [1.165, 1.54) is 37.7 Å². The van der Waals surface area contributed by atoms with Gasteiger partial charge in [0.25, 0.3) is 0 Å². The van der Waals surface area contributed by atoms with Gasteiger partial charge in [0.2, 0.25) is 0 Å². The Morgan fingerprint density at radius 3 is 2.28 bits per heavy atom. The minimum absolute atomic E-state index is 0.720. The predicted molar refractivity (Wildman–Crippen MR) is 77.5 cm³/mol. The van der Waals surface area contributed by atoms with E-state index < -0.39 is 0 Å². The molecule has 1 nitrogen and oxygen atoms in total. The molecule has 2 rings (SSSR count). The lowest BCUT2D eigenvalue weighted by molar-refractivity contribution is 0.499. The SMILES string of the molecule is CC.CC1CCCC(c2ccc(C#N)cc2)CC1. The van der Waals surface area contributed by atoms with Gasteiger partial charge in [-0.25, -0.2) is 0 Å². The van der Waals surface area contributed by atoms with Crippen molar-refractivity contribution in [1.29, 1.82) is 5.26 Å². The second kappa shape index (κ2) is 7.93. The van der Waals surface area contributed by atoms with Crippen LogP contribution in [0, 0.1) is 17.2 Å². The highest BCUT2D eigenvalue weighted by Crippen LogP contribution is 2.33. The van der Waals surface area contributed by atoms with Gasteiger partial charge in [0.1, 0.15) is 0 Å². The van der Waals surface area contributed by atoms with Crippen LogP contribution in [-0.2, 0) is 0 Å². The molecule has 1 aliphatic carbocycles. The average Bonchev–Trinajstić information content (AvgIpc) is 2.66. The normalized spacial score (nSPS) is 23.2. The first kappa shape index (κ1) is 14.8. The molecule has 0 heterocycles. The van der Waals surface area contributed by atoms with E-state index in [1.54, 1.807) is 0 Å². The highest BCUT2D eigenvalue weighted by molar-refractivity contribution is 5.33. The Kier molecular flexibility index (Phi) is 6.50. The first-order valence-corrected chi connectivity index (χ1v) is 7.29. The molecule has 1 aromatic carbocycles. The number of rotatable bonds is 1. The smallest absolute Gasteiger partial charge is 0.0991 e.